The highest BCUT2D eigenvalue weighted by atomic mass is 16.6. The number of nitro benzene ring substituents is 1. The van der Waals surface area contributed by atoms with Crippen LogP contribution in [0.4, 0.5) is 11.4 Å². The number of nitro groups is 1. The van der Waals surface area contributed by atoms with E-state index in [9.17, 15) is 10.1 Å². The van der Waals surface area contributed by atoms with E-state index in [2.05, 4.69) is 4.99 Å². The van der Waals surface area contributed by atoms with Crippen molar-refractivity contribution in [2.75, 3.05) is 7.11 Å². The van der Waals surface area contributed by atoms with Crippen LogP contribution < -0.4 is 15.5 Å². The molecule has 2 rings (SSSR count). The molecule has 102 valence electrons. The third kappa shape index (κ3) is 3.11. The Morgan fingerprint density at radius 1 is 1.15 bits per heavy atom. The zero-order valence-electron chi connectivity index (χ0n) is 10.9. The Morgan fingerprint density at radius 2 is 1.75 bits per heavy atom. The molecular formula is C14H14N3O3+. The van der Waals surface area contributed by atoms with Gasteiger partial charge < -0.3 is 4.74 Å². The van der Waals surface area contributed by atoms with Gasteiger partial charge in [-0.1, -0.05) is 0 Å². The molecule has 0 atom stereocenters. The summed E-state index contributed by atoms with van der Waals surface area (Å²) in [6.45, 7) is 0. The van der Waals surface area contributed by atoms with E-state index in [1.807, 2.05) is 24.3 Å². The average Bonchev–Trinajstić information content (AvgIpc) is 2.48. The van der Waals surface area contributed by atoms with Gasteiger partial charge in [0.25, 0.3) is 11.5 Å². The first-order valence-corrected chi connectivity index (χ1v) is 5.88. The van der Waals surface area contributed by atoms with Gasteiger partial charge in [0.15, 0.2) is 0 Å². The number of hydrogen-bond acceptors (Lipinski definition) is 3. The van der Waals surface area contributed by atoms with Crippen LogP contribution in [0.2, 0.25) is 0 Å². The Balaban J connectivity index is 2.22. The third-order valence-corrected chi connectivity index (χ3v) is 2.76. The number of nitrogens with zero attached hydrogens (tertiary/aromatic N) is 1. The van der Waals surface area contributed by atoms with Crippen LogP contribution >= 0.6 is 0 Å². The van der Waals surface area contributed by atoms with Gasteiger partial charge in [-0.3, -0.25) is 15.8 Å². The van der Waals surface area contributed by atoms with Gasteiger partial charge in [-0.15, -0.1) is 0 Å². The summed E-state index contributed by atoms with van der Waals surface area (Å²) in [5.41, 5.74) is 7.46. The van der Waals surface area contributed by atoms with Crippen molar-refractivity contribution in [3.8, 4) is 5.75 Å². The zero-order valence-corrected chi connectivity index (χ0v) is 10.9. The first kappa shape index (κ1) is 13.5. The number of hydrogen-bond donors (Lipinski definition) is 2. The number of nitrogens with two attached hydrogens (primary N) is 1. The SMILES string of the molecule is COc1ccc([NH+]=C(N)c2ccc([N+](=O)[O-])cc2)cc1. The number of methoxy groups -OCH3 is 1. The lowest BCUT2D eigenvalue weighted by atomic mass is 10.2. The summed E-state index contributed by atoms with van der Waals surface area (Å²) < 4.78 is 5.06. The Bertz CT molecular complexity index is 634. The summed E-state index contributed by atoms with van der Waals surface area (Å²) in [5, 5.41) is 10.6. The van der Waals surface area contributed by atoms with Gasteiger partial charge >= 0.3 is 0 Å². The molecule has 0 aliphatic heterocycles. The second kappa shape index (κ2) is 5.83. The lowest BCUT2D eigenvalue weighted by Gasteiger charge is -1.99. The summed E-state index contributed by atoms with van der Waals surface area (Å²) >= 11 is 0. The molecule has 0 bridgehead atoms. The Labute approximate surface area is 115 Å². The van der Waals surface area contributed by atoms with E-state index in [0.29, 0.717) is 11.4 Å². The van der Waals surface area contributed by atoms with Crippen molar-refractivity contribution in [1.29, 1.82) is 0 Å². The Morgan fingerprint density at radius 3 is 2.25 bits per heavy atom. The van der Waals surface area contributed by atoms with E-state index < -0.39 is 4.92 Å². The highest BCUT2D eigenvalue weighted by molar-refractivity contribution is 5.93. The van der Waals surface area contributed by atoms with E-state index in [0.717, 1.165) is 11.4 Å². The predicted octanol–water partition coefficient (Wildman–Crippen LogP) is 0.721. The van der Waals surface area contributed by atoms with Gasteiger partial charge in [0, 0.05) is 12.1 Å². The third-order valence-electron chi connectivity index (χ3n) is 2.76. The van der Waals surface area contributed by atoms with Crippen molar-refractivity contribution in [2.24, 2.45) is 5.73 Å². The summed E-state index contributed by atoms with van der Waals surface area (Å²) in [6, 6.07) is 13.3. The molecule has 0 aromatic heterocycles. The zero-order chi connectivity index (χ0) is 14.5. The van der Waals surface area contributed by atoms with Crippen molar-refractivity contribution in [3.63, 3.8) is 0 Å². The highest BCUT2D eigenvalue weighted by Gasteiger charge is 2.09. The standard InChI is InChI=1S/C14H13N3O3/c1-20-13-8-4-11(5-9-13)16-14(15)10-2-6-12(7-3-10)17(18)19/h2-9H,1H3,(H2,15,16)/p+1. The Kier molecular flexibility index (Phi) is 3.95. The molecule has 0 aliphatic rings. The van der Waals surface area contributed by atoms with Crippen LogP contribution in [0.15, 0.2) is 48.5 Å². The van der Waals surface area contributed by atoms with E-state index in [4.69, 9.17) is 10.5 Å². The van der Waals surface area contributed by atoms with Crippen LogP contribution in [0.3, 0.4) is 0 Å². The molecule has 0 spiro atoms. The molecule has 0 amide bonds. The largest absolute Gasteiger partial charge is 0.497 e. The summed E-state index contributed by atoms with van der Waals surface area (Å²) in [6.07, 6.45) is 0. The van der Waals surface area contributed by atoms with E-state index >= 15 is 0 Å². The quantitative estimate of drug-likeness (QED) is 0.371. The van der Waals surface area contributed by atoms with Gasteiger partial charge in [0.05, 0.1) is 17.6 Å². The number of nitrogens with one attached hydrogen (secondary N) is 1. The van der Waals surface area contributed by atoms with Crippen LogP contribution in [0.5, 0.6) is 5.75 Å². The summed E-state index contributed by atoms with van der Waals surface area (Å²) in [4.78, 5) is 13.2. The predicted molar refractivity (Wildman–Crippen MR) is 75.0 cm³/mol. The van der Waals surface area contributed by atoms with Crippen molar-refractivity contribution < 1.29 is 14.7 Å². The molecule has 0 unspecified atom stereocenters. The summed E-state index contributed by atoms with van der Waals surface area (Å²) in [7, 11) is 1.60. The van der Waals surface area contributed by atoms with Crippen LogP contribution in [0.25, 0.3) is 0 Å². The van der Waals surface area contributed by atoms with Crippen molar-refractivity contribution in [3.05, 3.63) is 64.2 Å². The molecule has 0 fully saturated rings. The number of benzene rings is 2. The maximum Gasteiger partial charge on any atom is 0.277 e. The van der Waals surface area contributed by atoms with Crippen molar-refractivity contribution >= 4 is 17.2 Å². The molecule has 6 nitrogen and oxygen atoms in total. The minimum atomic E-state index is -0.448. The van der Waals surface area contributed by atoms with Gasteiger partial charge in [0.1, 0.15) is 11.4 Å². The molecule has 2 aromatic carbocycles. The van der Waals surface area contributed by atoms with E-state index in [1.54, 1.807) is 19.2 Å². The molecule has 20 heavy (non-hydrogen) atoms. The van der Waals surface area contributed by atoms with Crippen LogP contribution in [-0.4, -0.2) is 17.9 Å². The molecule has 0 heterocycles. The average molecular weight is 272 g/mol. The molecule has 0 saturated carbocycles. The molecular weight excluding hydrogens is 258 g/mol. The van der Waals surface area contributed by atoms with Crippen LogP contribution in [0, 0.1) is 10.1 Å². The van der Waals surface area contributed by atoms with Gasteiger partial charge in [0.2, 0.25) is 0 Å². The van der Waals surface area contributed by atoms with Crippen LogP contribution in [-0.2, 0) is 0 Å². The van der Waals surface area contributed by atoms with Crippen molar-refractivity contribution in [2.45, 2.75) is 0 Å². The number of nitrogen functional groups attached to an aromatic ring is 1. The Hall–Kier alpha value is -2.89. The second-order valence-corrected chi connectivity index (χ2v) is 4.07. The second-order valence-electron chi connectivity index (χ2n) is 4.07. The molecule has 3 N–H and O–H groups in total. The first-order valence-electron chi connectivity index (χ1n) is 5.88. The molecule has 0 saturated heterocycles. The van der Waals surface area contributed by atoms with E-state index in [-0.39, 0.29) is 5.69 Å². The fraction of sp³-hybridized carbons (Fsp3) is 0.0714. The number of non-ortho nitro benzene ring substituents is 1. The smallest absolute Gasteiger partial charge is 0.277 e. The van der Waals surface area contributed by atoms with E-state index in [1.165, 1.54) is 12.1 Å². The maximum atomic E-state index is 10.6. The minimum absolute atomic E-state index is 0.0333. The van der Waals surface area contributed by atoms with Crippen molar-refractivity contribution in [1.82, 2.24) is 0 Å². The molecule has 0 radical (unpaired) electrons. The fourth-order valence-electron chi connectivity index (χ4n) is 1.66. The molecule has 0 aliphatic carbocycles. The number of ether oxygens (including phenoxy) is 1. The molecule has 6 heteroatoms. The number of amidine groups is 1. The normalized spacial score (nSPS) is 11.2. The number of rotatable bonds is 4. The lowest BCUT2D eigenvalue weighted by Crippen LogP contribution is -2.69. The van der Waals surface area contributed by atoms with Crippen LogP contribution in [0.1, 0.15) is 5.56 Å². The van der Waals surface area contributed by atoms with Gasteiger partial charge in [-0.25, -0.2) is 4.99 Å². The minimum Gasteiger partial charge on any atom is -0.497 e. The monoisotopic (exact) mass is 272 g/mol. The van der Waals surface area contributed by atoms with Gasteiger partial charge in [-0.2, -0.15) is 0 Å². The highest BCUT2D eigenvalue weighted by Crippen LogP contribution is 2.12. The summed E-state index contributed by atoms with van der Waals surface area (Å²) in [5.74, 6) is 1.18. The molecule has 2 aromatic rings. The first-order chi connectivity index (χ1) is 9.60. The van der Waals surface area contributed by atoms with Gasteiger partial charge in [-0.05, 0) is 36.4 Å². The topological polar surface area (TPSA) is 92.4 Å². The lowest BCUT2D eigenvalue weighted by molar-refractivity contribution is -0.384. The fourth-order valence-corrected chi connectivity index (χ4v) is 1.66. The maximum absolute atomic E-state index is 10.6.